The van der Waals surface area contributed by atoms with Crippen LogP contribution in [0.2, 0.25) is 5.02 Å². The molecule has 0 N–H and O–H groups in total. The molecule has 2 aromatic rings. The number of halogens is 1. The van der Waals surface area contributed by atoms with Crippen LogP contribution in [0.15, 0.2) is 42.5 Å². The number of rotatable bonds is 5. The van der Waals surface area contributed by atoms with Gasteiger partial charge < -0.3 is 9.64 Å². The van der Waals surface area contributed by atoms with Crippen LogP contribution in [-0.2, 0) is 0 Å². The molecule has 150 valence electrons. The predicted molar refractivity (Wildman–Crippen MR) is 107 cm³/mol. The molecule has 1 amide bonds. The highest BCUT2D eigenvalue weighted by molar-refractivity contribution is 6.34. The van der Waals surface area contributed by atoms with Crippen LogP contribution in [0, 0.1) is 21.4 Å². The monoisotopic (exact) mass is 414 g/mol. The molecule has 0 bridgehead atoms. The van der Waals surface area contributed by atoms with Crippen molar-refractivity contribution in [2.45, 2.75) is 6.04 Å². The summed E-state index contributed by atoms with van der Waals surface area (Å²) in [5.41, 5.74) is 0.942. The van der Waals surface area contributed by atoms with Crippen molar-refractivity contribution in [3.63, 3.8) is 0 Å². The van der Waals surface area contributed by atoms with Crippen LogP contribution in [0.5, 0.6) is 5.75 Å². The van der Waals surface area contributed by atoms with Crippen LogP contribution in [0.4, 0.5) is 5.69 Å². The Balaban J connectivity index is 1.67. The van der Waals surface area contributed by atoms with E-state index in [1.165, 1.54) is 18.2 Å². The number of nitrogens with zero attached hydrogens (tertiary/aromatic N) is 4. The molecule has 0 saturated carbocycles. The zero-order valence-electron chi connectivity index (χ0n) is 15.7. The molecule has 1 atom stereocenters. The topological polar surface area (TPSA) is 99.7 Å². The highest BCUT2D eigenvalue weighted by atomic mass is 35.5. The van der Waals surface area contributed by atoms with Gasteiger partial charge >= 0.3 is 0 Å². The number of amides is 1. The van der Waals surface area contributed by atoms with Crippen LogP contribution >= 0.6 is 11.6 Å². The van der Waals surface area contributed by atoms with E-state index in [0.717, 1.165) is 11.3 Å². The predicted octanol–water partition coefficient (Wildman–Crippen LogP) is 3.28. The molecule has 0 aliphatic carbocycles. The molecule has 1 aliphatic heterocycles. The lowest BCUT2D eigenvalue weighted by Crippen LogP contribution is -2.49. The number of benzene rings is 2. The summed E-state index contributed by atoms with van der Waals surface area (Å²) in [5.74, 6) is 0.448. The van der Waals surface area contributed by atoms with E-state index >= 15 is 0 Å². The van der Waals surface area contributed by atoms with E-state index < -0.39 is 11.0 Å². The number of methoxy groups -OCH3 is 1. The molecule has 29 heavy (non-hydrogen) atoms. The molecule has 1 fully saturated rings. The number of piperazine rings is 1. The van der Waals surface area contributed by atoms with E-state index in [1.54, 1.807) is 12.0 Å². The lowest BCUT2D eigenvalue weighted by molar-refractivity contribution is -0.384. The maximum Gasteiger partial charge on any atom is 0.270 e. The van der Waals surface area contributed by atoms with Crippen molar-refractivity contribution in [3.05, 3.63) is 68.7 Å². The molecule has 9 heteroatoms. The summed E-state index contributed by atoms with van der Waals surface area (Å²) in [6.45, 7) is 1.92. The average molecular weight is 415 g/mol. The van der Waals surface area contributed by atoms with Crippen LogP contribution in [0.1, 0.15) is 22.0 Å². The molecule has 1 unspecified atom stereocenters. The van der Waals surface area contributed by atoms with E-state index in [4.69, 9.17) is 16.3 Å². The van der Waals surface area contributed by atoms with Crippen molar-refractivity contribution in [3.8, 4) is 11.8 Å². The highest BCUT2D eigenvalue weighted by Gasteiger charge is 2.28. The summed E-state index contributed by atoms with van der Waals surface area (Å²) in [4.78, 5) is 26.7. The summed E-state index contributed by atoms with van der Waals surface area (Å²) in [5, 5.41) is 20.5. The molecule has 1 aliphatic rings. The second-order valence-corrected chi connectivity index (χ2v) is 6.96. The van der Waals surface area contributed by atoms with Gasteiger partial charge in [0.2, 0.25) is 0 Å². The van der Waals surface area contributed by atoms with E-state index in [1.807, 2.05) is 29.2 Å². The Morgan fingerprint density at radius 3 is 2.38 bits per heavy atom. The number of ether oxygens (including phenoxy) is 1. The molecule has 1 heterocycles. The molecule has 3 rings (SSSR count). The third-order valence-corrected chi connectivity index (χ3v) is 5.23. The number of hydrogen-bond acceptors (Lipinski definition) is 6. The molecule has 0 radical (unpaired) electrons. The first-order valence-corrected chi connectivity index (χ1v) is 9.33. The Labute approximate surface area is 173 Å². The Hall–Kier alpha value is -3.15. The SMILES string of the molecule is COc1ccc(C(C#N)N2CCN(C(=O)c3ccc([N+](=O)[O-])cc3Cl)CC2)cc1. The lowest BCUT2D eigenvalue weighted by Gasteiger charge is -2.37. The first-order valence-electron chi connectivity index (χ1n) is 8.95. The average Bonchev–Trinajstić information content (AvgIpc) is 2.74. The van der Waals surface area contributed by atoms with E-state index in [2.05, 4.69) is 6.07 Å². The number of nitro groups is 1. The van der Waals surface area contributed by atoms with Gasteiger partial charge in [0.15, 0.2) is 0 Å². The van der Waals surface area contributed by atoms with Crippen LogP contribution in [-0.4, -0.2) is 53.9 Å². The lowest BCUT2D eigenvalue weighted by atomic mass is 10.1. The van der Waals surface area contributed by atoms with Gasteiger partial charge in [0.05, 0.1) is 28.7 Å². The minimum absolute atomic E-state index is 0.0553. The first kappa shape index (κ1) is 20.6. The number of non-ortho nitro benzene ring substituents is 1. The minimum Gasteiger partial charge on any atom is -0.497 e. The summed E-state index contributed by atoms with van der Waals surface area (Å²) in [6.07, 6.45) is 0. The highest BCUT2D eigenvalue weighted by Crippen LogP contribution is 2.26. The Bertz CT molecular complexity index is 950. The van der Waals surface area contributed by atoms with Gasteiger partial charge in [-0.25, -0.2) is 0 Å². The Morgan fingerprint density at radius 1 is 1.21 bits per heavy atom. The fraction of sp³-hybridized carbons (Fsp3) is 0.300. The van der Waals surface area contributed by atoms with Gasteiger partial charge in [0.1, 0.15) is 11.8 Å². The van der Waals surface area contributed by atoms with Gasteiger partial charge in [-0.05, 0) is 23.8 Å². The summed E-state index contributed by atoms with van der Waals surface area (Å²) in [6, 6.07) is 13.1. The molecule has 2 aromatic carbocycles. The van der Waals surface area contributed by atoms with E-state index in [0.29, 0.717) is 26.2 Å². The molecule has 8 nitrogen and oxygen atoms in total. The van der Waals surface area contributed by atoms with Crippen molar-refractivity contribution >= 4 is 23.2 Å². The van der Waals surface area contributed by atoms with Crippen molar-refractivity contribution in [1.29, 1.82) is 5.26 Å². The quantitative estimate of drug-likeness (QED) is 0.549. The fourth-order valence-electron chi connectivity index (χ4n) is 3.30. The fourth-order valence-corrected chi connectivity index (χ4v) is 3.55. The third kappa shape index (κ3) is 4.47. The van der Waals surface area contributed by atoms with Crippen LogP contribution < -0.4 is 4.74 Å². The molecular formula is C20H19ClN4O4. The van der Waals surface area contributed by atoms with Gasteiger partial charge in [-0.15, -0.1) is 0 Å². The van der Waals surface area contributed by atoms with E-state index in [9.17, 15) is 20.2 Å². The van der Waals surface area contributed by atoms with Crippen LogP contribution in [0.25, 0.3) is 0 Å². The van der Waals surface area contributed by atoms with Crippen LogP contribution in [0.3, 0.4) is 0 Å². The van der Waals surface area contributed by atoms with Crippen molar-refractivity contribution in [1.82, 2.24) is 9.80 Å². The van der Waals surface area contributed by atoms with Crippen molar-refractivity contribution < 1.29 is 14.5 Å². The van der Waals surface area contributed by atoms with Gasteiger partial charge in [-0.3, -0.25) is 19.8 Å². The second kappa shape index (κ2) is 8.90. The van der Waals surface area contributed by atoms with E-state index in [-0.39, 0.29) is 22.2 Å². The number of carbonyl (C=O) groups is 1. The summed E-state index contributed by atoms with van der Waals surface area (Å²) in [7, 11) is 1.59. The largest absolute Gasteiger partial charge is 0.497 e. The minimum atomic E-state index is -0.555. The van der Waals surface area contributed by atoms with Crippen molar-refractivity contribution in [2.24, 2.45) is 0 Å². The molecule has 1 saturated heterocycles. The zero-order valence-corrected chi connectivity index (χ0v) is 16.5. The van der Waals surface area contributed by atoms with Crippen molar-refractivity contribution in [2.75, 3.05) is 33.3 Å². The third-order valence-electron chi connectivity index (χ3n) is 4.91. The van der Waals surface area contributed by atoms with Gasteiger partial charge in [-0.2, -0.15) is 5.26 Å². The number of nitro benzene ring substituents is 1. The summed E-state index contributed by atoms with van der Waals surface area (Å²) < 4.78 is 5.15. The molecule has 0 aromatic heterocycles. The first-order chi connectivity index (χ1) is 13.9. The number of nitriles is 1. The van der Waals surface area contributed by atoms with Gasteiger partial charge in [-0.1, -0.05) is 23.7 Å². The van der Waals surface area contributed by atoms with Gasteiger partial charge in [0.25, 0.3) is 11.6 Å². The smallest absolute Gasteiger partial charge is 0.270 e. The Kier molecular flexibility index (Phi) is 6.32. The normalized spacial score (nSPS) is 15.4. The number of hydrogen-bond donors (Lipinski definition) is 0. The maximum atomic E-state index is 12.8. The molecular weight excluding hydrogens is 396 g/mol. The number of carbonyl (C=O) groups excluding carboxylic acids is 1. The zero-order chi connectivity index (χ0) is 21.0. The van der Waals surface area contributed by atoms with Gasteiger partial charge in [0, 0.05) is 38.3 Å². The standard InChI is InChI=1S/C20H19ClN4O4/c1-29-16-5-2-14(3-6-16)19(13-22)23-8-10-24(11-9-23)20(26)17-7-4-15(25(27)28)12-18(17)21/h2-7,12,19H,8-11H2,1H3. The maximum absolute atomic E-state index is 12.8. The second-order valence-electron chi connectivity index (χ2n) is 6.55. The Morgan fingerprint density at radius 2 is 1.86 bits per heavy atom. The summed E-state index contributed by atoms with van der Waals surface area (Å²) >= 11 is 6.08. The molecule has 0 spiro atoms.